The number of rotatable bonds is 7. The first kappa shape index (κ1) is 25.5. The van der Waals surface area contributed by atoms with Gasteiger partial charge in [-0.25, -0.2) is 4.98 Å². The number of hydrogen-bond acceptors (Lipinski definition) is 7. The third kappa shape index (κ3) is 5.36. The summed E-state index contributed by atoms with van der Waals surface area (Å²) in [6.45, 7) is 5.92. The summed E-state index contributed by atoms with van der Waals surface area (Å²) in [6, 6.07) is 0. The van der Waals surface area contributed by atoms with Crippen LogP contribution < -0.4 is 15.0 Å². The zero-order valence-corrected chi connectivity index (χ0v) is 20.4. The zero-order valence-electron chi connectivity index (χ0n) is 18.8. The molecule has 0 saturated carbocycles. The van der Waals surface area contributed by atoms with Crippen molar-refractivity contribution in [1.29, 1.82) is 0 Å². The number of ether oxygens (including phenoxy) is 1. The predicted octanol–water partition coefficient (Wildman–Crippen LogP) is 4.07. The highest BCUT2D eigenvalue weighted by Crippen LogP contribution is 2.49. The lowest BCUT2D eigenvalue weighted by molar-refractivity contribution is -0.136. The van der Waals surface area contributed by atoms with E-state index in [1.165, 1.54) is 14.2 Å². The molecule has 2 aromatic rings. The number of nitrogens with one attached hydrogen (secondary N) is 1. The quantitative estimate of drug-likeness (QED) is 0.610. The topological polar surface area (TPSA) is 74.8 Å². The van der Waals surface area contributed by atoms with Gasteiger partial charge in [0, 0.05) is 39.6 Å². The maximum absolute atomic E-state index is 14.1. The van der Waals surface area contributed by atoms with E-state index in [0.29, 0.717) is 50.5 Å². The summed E-state index contributed by atoms with van der Waals surface area (Å²) in [6.07, 6.45) is -4.27. The van der Waals surface area contributed by atoms with Crippen LogP contribution in [0, 0.1) is 5.92 Å². The maximum atomic E-state index is 14.1. The average molecular weight is 507 g/mol. The number of alkyl halides is 3. The van der Waals surface area contributed by atoms with Gasteiger partial charge in [0.15, 0.2) is 5.06 Å². The van der Waals surface area contributed by atoms with E-state index in [1.54, 1.807) is 4.90 Å². The number of nitrogens with zero attached hydrogens (tertiary/aromatic N) is 3. The highest BCUT2D eigenvalue weighted by Gasteiger charge is 2.40. The van der Waals surface area contributed by atoms with Crippen molar-refractivity contribution in [3.05, 3.63) is 16.1 Å². The van der Waals surface area contributed by atoms with Crippen molar-refractivity contribution in [2.24, 2.45) is 5.92 Å². The highest BCUT2D eigenvalue weighted by molar-refractivity contribution is 7.21. The van der Waals surface area contributed by atoms with E-state index in [2.05, 4.69) is 10.3 Å². The molecule has 1 aliphatic rings. The fraction of sp³-hybridized carbons (Fsp3) is 0.571. The molecule has 7 nitrogen and oxygen atoms in total. The first-order chi connectivity index (χ1) is 15.5. The van der Waals surface area contributed by atoms with Crippen LogP contribution in [0.15, 0.2) is 0 Å². The number of thiophene rings is 1. The normalized spacial score (nSPS) is 15.4. The van der Waals surface area contributed by atoms with Gasteiger partial charge in [-0.3, -0.25) is 14.5 Å². The molecular weight excluding hydrogens is 481 g/mol. The molecule has 12 heteroatoms. The molecule has 0 aliphatic carbocycles. The minimum absolute atomic E-state index is 0.0315. The number of carbonyl (C=O) groups excluding carboxylic acids is 2. The van der Waals surface area contributed by atoms with E-state index in [9.17, 15) is 22.8 Å². The molecule has 1 fully saturated rings. The van der Waals surface area contributed by atoms with Gasteiger partial charge in [0.25, 0.3) is 5.91 Å². The number of halogens is 4. The molecule has 3 rings (SSSR count). The van der Waals surface area contributed by atoms with E-state index < -0.39 is 22.7 Å². The fourth-order valence-corrected chi connectivity index (χ4v) is 5.41. The Bertz CT molecular complexity index is 1050. The number of methoxy groups -OCH3 is 1. The Kier molecular flexibility index (Phi) is 7.75. The van der Waals surface area contributed by atoms with E-state index in [1.807, 2.05) is 18.7 Å². The Labute approximate surface area is 198 Å². The lowest BCUT2D eigenvalue weighted by Crippen LogP contribution is -2.48. The maximum Gasteiger partial charge on any atom is 0.419 e. The minimum atomic E-state index is -4.76. The standard InChI is InChI=1S/C21H26ClF3N4O3S/c1-11(2)9-12(30)10-28-5-7-29(8-6-28)18-15(22)14(21(23,24)25)17-16(27-18)13(19(31)26-3)20(32-4)33-17/h11H,5-10H2,1-4H3,(H,26,31). The van der Waals surface area contributed by atoms with Gasteiger partial charge in [-0.05, 0) is 5.92 Å². The Morgan fingerprint density at radius 3 is 2.39 bits per heavy atom. The van der Waals surface area contributed by atoms with Crippen LogP contribution in [0.3, 0.4) is 0 Å². The van der Waals surface area contributed by atoms with Gasteiger partial charge in [-0.1, -0.05) is 36.8 Å². The van der Waals surface area contributed by atoms with Crippen molar-refractivity contribution in [2.45, 2.75) is 26.4 Å². The third-order valence-electron chi connectivity index (χ3n) is 5.34. The number of ketones is 1. The molecule has 0 unspecified atom stereocenters. The SMILES string of the molecule is CNC(=O)c1c(OC)sc2c(C(F)(F)F)c(Cl)c(N3CCN(CC(=O)CC(C)C)CC3)nc12. The number of pyridine rings is 1. The monoisotopic (exact) mass is 506 g/mol. The number of aromatic nitrogens is 1. The number of carbonyl (C=O) groups is 2. The Morgan fingerprint density at radius 2 is 1.88 bits per heavy atom. The molecular formula is C21H26ClF3N4O3S. The van der Waals surface area contributed by atoms with Gasteiger partial charge in [0.2, 0.25) is 0 Å². The Hall–Kier alpha value is -2.11. The van der Waals surface area contributed by atoms with Crippen LogP contribution in [0.1, 0.15) is 36.2 Å². The molecule has 0 atom stereocenters. The number of Topliss-reactive ketones (excluding diaryl/α,β-unsaturated/α-hetero) is 1. The van der Waals surface area contributed by atoms with Crippen LogP contribution in [-0.4, -0.2) is 68.5 Å². The highest BCUT2D eigenvalue weighted by atomic mass is 35.5. The van der Waals surface area contributed by atoms with Crippen LogP contribution in [0.25, 0.3) is 10.2 Å². The lowest BCUT2D eigenvalue weighted by Gasteiger charge is -2.35. The molecule has 0 aromatic carbocycles. The second kappa shape index (κ2) is 10.0. The van der Waals surface area contributed by atoms with E-state index in [4.69, 9.17) is 16.3 Å². The summed E-state index contributed by atoms with van der Waals surface area (Å²) in [5, 5.41) is 1.95. The second-order valence-corrected chi connectivity index (χ2v) is 9.61. The predicted molar refractivity (Wildman–Crippen MR) is 123 cm³/mol. The summed E-state index contributed by atoms with van der Waals surface area (Å²) in [4.78, 5) is 32.6. The molecule has 33 heavy (non-hydrogen) atoms. The summed E-state index contributed by atoms with van der Waals surface area (Å²) in [5.74, 6) is -0.224. The molecule has 0 bridgehead atoms. The first-order valence-corrected chi connectivity index (χ1v) is 11.7. The van der Waals surface area contributed by atoms with Gasteiger partial charge in [0.05, 0.1) is 28.9 Å². The van der Waals surface area contributed by atoms with E-state index in [0.717, 1.165) is 0 Å². The first-order valence-electron chi connectivity index (χ1n) is 10.5. The van der Waals surface area contributed by atoms with Gasteiger partial charge in [-0.2, -0.15) is 13.2 Å². The fourth-order valence-electron chi connectivity index (χ4n) is 3.86. The van der Waals surface area contributed by atoms with Crippen LogP contribution in [0.5, 0.6) is 5.06 Å². The third-order valence-corrected chi connectivity index (χ3v) is 6.86. The number of piperazine rings is 1. The number of hydrogen-bond donors (Lipinski definition) is 1. The smallest absolute Gasteiger partial charge is 0.419 e. The largest absolute Gasteiger partial charge is 0.487 e. The summed E-state index contributed by atoms with van der Waals surface area (Å²) >= 11 is 6.96. The van der Waals surface area contributed by atoms with Crippen LogP contribution in [-0.2, 0) is 11.0 Å². The van der Waals surface area contributed by atoms with Gasteiger partial charge in [-0.15, -0.1) is 0 Å². The second-order valence-electron chi connectivity index (χ2n) is 8.25. The Morgan fingerprint density at radius 1 is 1.24 bits per heavy atom. The molecule has 0 spiro atoms. The van der Waals surface area contributed by atoms with Gasteiger partial charge in [0.1, 0.15) is 22.7 Å². The van der Waals surface area contributed by atoms with Crippen molar-refractivity contribution in [2.75, 3.05) is 51.8 Å². The molecule has 182 valence electrons. The molecule has 1 amide bonds. The molecule has 1 saturated heterocycles. The molecule has 3 heterocycles. The number of anilines is 1. The lowest BCUT2D eigenvalue weighted by atomic mass is 10.1. The number of amides is 1. The summed E-state index contributed by atoms with van der Waals surface area (Å²) in [7, 11) is 2.67. The molecule has 1 N–H and O–H groups in total. The number of fused-ring (bicyclic) bond motifs is 1. The van der Waals surface area contributed by atoms with Gasteiger partial charge >= 0.3 is 6.18 Å². The van der Waals surface area contributed by atoms with Crippen molar-refractivity contribution in [1.82, 2.24) is 15.2 Å². The molecule has 2 aromatic heterocycles. The van der Waals surface area contributed by atoms with Crippen molar-refractivity contribution in [3.63, 3.8) is 0 Å². The van der Waals surface area contributed by atoms with Crippen LogP contribution in [0.2, 0.25) is 5.02 Å². The van der Waals surface area contributed by atoms with E-state index >= 15 is 0 Å². The average Bonchev–Trinajstić information content (AvgIpc) is 3.09. The molecule has 1 aliphatic heterocycles. The molecule has 0 radical (unpaired) electrons. The van der Waals surface area contributed by atoms with Gasteiger partial charge < -0.3 is 15.0 Å². The summed E-state index contributed by atoms with van der Waals surface area (Å²) < 4.78 is 47.1. The van der Waals surface area contributed by atoms with Crippen LogP contribution >= 0.6 is 22.9 Å². The van der Waals surface area contributed by atoms with Crippen LogP contribution in [0.4, 0.5) is 19.0 Å². The summed E-state index contributed by atoms with van der Waals surface area (Å²) in [5.41, 5.74) is -1.18. The Balaban J connectivity index is 1.99. The van der Waals surface area contributed by atoms with Crippen molar-refractivity contribution >= 4 is 50.7 Å². The minimum Gasteiger partial charge on any atom is -0.487 e. The van der Waals surface area contributed by atoms with Crippen molar-refractivity contribution in [3.8, 4) is 5.06 Å². The zero-order chi connectivity index (χ0) is 24.5. The van der Waals surface area contributed by atoms with E-state index in [-0.39, 0.29) is 38.4 Å². The van der Waals surface area contributed by atoms with Crippen molar-refractivity contribution < 1.29 is 27.5 Å².